The summed E-state index contributed by atoms with van der Waals surface area (Å²) >= 11 is 0. The van der Waals surface area contributed by atoms with Crippen molar-refractivity contribution in [2.45, 2.75) is 45.2 Å². The average Bonchev–Trinajstić information content (AvgIpc) is 2.37. The average molecular weight is 304 g/mol. The smallest absolute Gasteiger partial charge is 0.328 e. The Morgan fingerprint density at radius 2 is 1.76 bits per heavy atom. The summed E-state index contributed by atoms with van der Waals surface area (Å²) in [7, 11) is 0. The lowest BCUT2D eigenvalue weighted by molar-refractivity contribution is -0.144. The van der Waals surface area contributed by atoms with E-state index in [4.69, 9.17) is 10.2 Å². The molecule has 1 unspecified atom stereocenters. The molecule has 4 N–H and O–H groups in total. The number of aliphatic carboxylic acids is 2. The fourth-order valence-electron chi connectivity index (χ4n) is 1.44. The van der Waals surface area contributed by atoms with E-state index in [9.17, 15) is 19.2 Å². The third-order valence-corrected chi connectivity index (χ3v) is 2.47. The third-order valence-electron chi connectivity index (χ3n) is 2.47. The van der Waals surface area contributed by atoms with Crippen LogP contribution in [0.2, 0.25) is 0 Å². The van der Waals surface area contributed by atoms with Crippen LogP contribution in [0.5, 0.6) is 0 Å². The number of hydrogen-bond donors (Lipinski definition) is 4. The Balaban J connectivity index is 4.31. The van der Waals surface area contributed by atoms with Crippen molar-refractivity contribution in [3.8, 4) is 0 Å². The molecule has 0 aromatic carbocycles. The van der Waals surface area contributed by atoms with E-state index in [0.29, 0.717) is 0 Å². The van der Waals surface area contributed by atoms with Crippen LogP contribution in [-0.4, -0.2) is 52.8 Å². The van der Waals surface area contributed by atoms with Gasteiger partial charge in [0.25, 0.3) is 0 Å². The van der Waals surface area contributed by atoms with Gasteiger partial charge in [-0.05, 0) is 26.7 Å². The maximum atomic E-state index is 11.6. The number of carboxylic acid groups (broad SMARTS) is 2. The lowest BCUT2D eigenvalue weighted by Crippen LogP contribution is -2.50. The fraction of sp³-hybridized carbons (Fsp3) is 0.667. The molecule has 0 aromatic heterocycles. The number of esters is 1. The Kier molecular flexibility index (Phi) is 8.51. The summed E-state index contributed by atoms with van der Waals surface area (Å²) in [6, 6.07) is -2.98. The molecule has 0 rings (SSSR count). The molecule has 9 nitrogen and oxygen atoms in total. The third kappa shape index (κ3) is 8.45. The van der Waals surface area contributed by atoms with Gasteiger partial charge in [0.2, 0.25) is 0 Å². The second kappa shape index (κ2) is 9.56. The fourth-order valence-corrected chi connectivity index (χ4v) is 1.44. The van der Waals surface area contributed by atoms with Crippen LogP contribution in [0.1, 0.15) is 33.1 Å². The first kappa shape index (κ1) is 18.7. The topological polar surface area (TPSA) is 142 Å². The zero-order valence-electron chi connectivity index (χ0n) is 11.9. The summed E-state index contributed by atoms with van der Waals surface area (Å²) in [4.78, 5) is 44.2. The molecule has 0 spiro atoms. The van der Waals surface area contributed by atoms with Crippen molar-refractivity contribution in [3.05, 3.63) is 0 Å². The van der Waals surface area contributed by atoms with Gasteiger partial charge in [-0.25, -0.2) is 14.4 Å². The highest BCUT2D eigenvalue weighted by molar-refractivity contribution is 5.86. The molecule has 2 amide bonds. The number of hydrogen-bond acceptors (Lipinski definition) is 5. The molecule has 21 heavy (non-hydrogen) atoms. The van der Waals surface area contributed by atoms with Crippen molar-refractivity contribution < 1.29 is 34.1 Å². The van der Waals surface area contributed by atoms with Gasteiger partial charge in [-0.15, -0.1) is 0 Å². The van der Waals surface area contributed by atoms with Gasteiger partial charge in [0.1, 0.15) is 12.1 Å². The number of carbonyl (C=O) groups is 4. The molecule has 0 fully saturated rings. The van der Waals surface area contributed by atoms with Crippen molar-refractivity contribution in [2.24, 2.45) is 0 Å². The summed E-state index contributed by atoms with van der Waals surface area (Å²) in [6.45, 7) is 3.19. The van der Waals surface area contributed by atoms with Crippen molar-refractivity contribution in [3.63, 3.8) is 0 Å². The van der Waals surface area contributed by atoms with E-state index in [1.54, 1.807) is 6.92 Å². The first-order valence-corrected chi connectivity index (χ1v) is 6.46. The van der Waals surface area contributed by atoms with Crippen molar-refractivity contribution in [1.29, 1.82) is 0 Å². The van der Waals surface area contributed by atoms with Crippen LogP contribution in [0, 0.1) is 0 Å². The van der Waals surface area contributed by atoms with Gasteiger partial charge in [-0.2, -0.15) is 0 Å². The zero-order valence-corrected chi connectivity index (χ0v) is 11.9. The molecule has 0 bridgehead atoms. The van der Waals surface area contributed by atoms with Crippen molar-refractivity contribution >= 4 is 23.9 Å². The number of carboxylic acids is 2. The van der Waals surface area contributed by atoms with Crippen LogP contribution in [0.3, 0.4) is 0 Å². The van der Waals surface area contributed by atoms with Gasteiger partial charge in [-0.1, -0.05) is 0 Å². The molecule has 120 valence electrons. The van der Waals surface area contributed by atoms with Gasteiger partial charge in [0, 0.05) is 6.42 Å². The molecule has 9 heteroatoms. The molecule has 0 aromatic rings. The van der Waals surface area contributed by atoms with Crippen LogP contribution in [0.25, 0.3) is 0 Å². The highest BCUT2D eigenvalue weighted by atomic mass is 16.5. The van der Waals surface area contributed by atoms with Crippen molar-refractivity contribution in [2.75, 3.05) is 6.61 Å². The Bertz CT molecular complexity index is 397. The van der Waals surface area contributed by atoms with Gasteiger partial charge >= 0.3 is 23.9 Å². The molecule has 2 atom stereocenters. The van der Waals surface area contributed by atoms with E-state index in [2.05, 4.69) is 15.4 Å². The summed E-state index contributed by atoms with van der Waals surface area (Å²) in [5, 5.41) is 21.8. The predicted octanol–water partition coefficient (Wildman–Crippen LogP) is -0.0547. The first-order chi connectivity index (χ1) is 9.77. The Labute approximate surface area is 121 Å². The summed E-state index contributed by atoms with van der Waals surface area (Å²) in [6.07, 6.45) is -0.102. The number of amides is 2. The van der Waals surface area contributed by atoms with E-state index in [1.165, 1.54) is 6.92 Å². The van der Waals surface area contributed by atoms with E-state index in [0.717, 1.165) is 0 Å². The number of rotatable bonds is 9. The predicted molar refractivity (Wildman–Crippen MR) is 70.7 cm³/mol. The monoisotopic (exact) mass is 304 g/mol. The molecular formula is C12H20N2O7. The van der Waals surface area contributed by atoms with E-state index in [-0.39, 0.29) is 25.9 Å². The second-order valence-corrected chi connectivity index (χ2v) is 4.27. The highest BCUT2D eigenvalue weighted by Gasteiger charge is 2.22. The number of ether oxygens (including phenoxy) is 1. The van der Waals surface area contributed by atoms with Crippen LogP contribution >= 0.6 is 0 Å². The van der Waals surface area contributed by atoms with E-state index < -0.39 is 36.0 Å². The number of carbonyl (C=O) groups excluding carboxylic acids is 2. The zero-order chi connectivity index (χ0) is 16.4. The summed E-state index contributed by atoms with van der Waals surface area (Å²) in [5.74, 6) is -2.95. The van der Waals surface area contributed by atoms with Crippen LogP contribution in [0.4, 0.5) is 4.79 Å². The molecule has 0 saturated heterocycles. The van der Waals surface area contributed by atoms with E-state index in [1.807, 2.05) is 0 Å². The lowest BCUT2D eigenvalue weighted by Gasteiger charge is -2.17. The minimum Gasteiger partial charge on any atom is -0.481 e. The minimum absolute atomic E-state index is 0.0250. The Hall–Kier alpha value is -2.32. The summed E-state index contributed by atoms with van der Waals surface area (Å²) in [5.41, 5.74) is 0. The maximum Gasteiger partial charge on any atom is 0.328 e. The molecule has 0 radical (unpaired) electrons. The van der Waals surface area contributed by atoms with Gasteiger partial charge in [0.05, 0.1) is 6.61 Å². The quantitative estimate of drug-likeness (QED) is 0.437. The number of nitrogens with one attached hydrogen (secondary N) is 2. The van der Waals surface area contributed by atoms with Crippen LogP contribution in [-0.2, 0) is 19.1 Å². The Morgan fingerprint density at radius 3 is 2.24 bits per heavy atom. The van der Waals surface area contributed by atoms with Gasteiger partial charge in [0.15, 0.2) is 0 Å². The van der Waals surface area contributed by atoms with E-state index >= 15 is 0 Å². The normalized spacial score (nSPS) is 12.9. The molecule has 0 aliphatic heterocycles. The van der Waals surface area contributed by atoms with Crippen molar-refractivity contribution in [1.82, 2.24) is 10.6 Å². The minimum atomic E-state index is -1.28. The maximum absolute atomic E-state index is 11.6. The van der Waals surface area contributed by atoms with Crippen LogP contribution < -0.4 is 10.6 Å². The van der Waals surface area contributed by atoms with Crippen LogP contribution in [0.15, 0.2) is 0 Å². The molecule has 0 aliphatic carbocycles. The standard InChI is InChI=1S/C12H20N2O7/c1-3-21-11(19)7(2)13-12(20)14-8(10(17)18)5-4-6-9(15)16/h7-8H,3-6H2,1-2H3,(H,15,16)(H,17,18)(H2,13,14,20)/t7?,8-/m1/s1. The van der Waals surface area contributed by atoms with Gasteiger partial charge < -0.3 is 25.6 Å². The first-order valence-electron chi connectivity index (χ1n) is 6.46. The van der Waals surface area contributed by atoms with Gasteiger partial charge in [-0.3, -0.25) is 4.79 Å². The molecule has 0 heterocycles. The summed E-state index contributed by atoms with van der Waals surface area (Å²) < 4.78 is 4.69. The number of urea groups is 1. The lowest BCUT2D eigenvalue weighted by atomic mass is 10.1. The molecular weight excluding hydrogens is 284 g/mol. The molecule has 0 aliphatic rings. The largest absolute Gasteiger partial charge is 0.481 e. The second-order valence-electron chi connectivity index (χ2n) is 4.27. The highest BCUT2D eigenvalue weighted by Crippen LogP contribution is 2.02. The Morgan fingerprint density at radius 1 is 1.14 bits per heavy atom. The molecule has 0 saturated carbocycles. The SMILES string of the molecule is CCOC(=O)C(C)NC(=O)N[C@H](CCCC(=O)O)C(=O)O.